The summed E-state index contributed by atoms with van der Waals surface area (Å²) in [4.78, 5) is 7.83. The number of rotatable bonds is 4. The molecular weight excluding hydrogens is 306 g/mol. The Labute approximate surface area is 141 Å². The lowest BCUT2D eigenvalue weighted by Crippen LogP contribution is -2.35. The number of amidine groups is 1. The quantitative estimate of drug-likeness (QED) is 0.906. The monoisotopic (exact) mass is 329 g/mol. The summed E-state index contributed by atoms with van der Waals surface area (Å²) >= 11 is 1.65. The number of hydrogen-bond acceptors (Lipinski definition) is 5. The Morgan fingerprint density at radius 2 is 2.09 bits per heavy atom. The minimum Gasteiger partial charge on any atom is -0.389 e. The van der Waals surface area contributed by atoms with Gasteiger partial charge in [-0.3, -0.25) is 4.90 Å². The smallest absolute Gasteiger partial charge is 0.141 e. The summed E-state index contributed by atoms with van der Waals surface area (Å²) in [6.45, 7) is 5.04. The van der Waals surface area contributed by atoms with Crippen LogP contribution in [0.25, 0.3) is 0 Å². The first kappa shape index (κ1) is 16.2. The first-order valence-corrected chi connectivity index (χ1v) is 8.63. The van der Waals surface area contributed by atoms with Gasteiger partial charge in [0.1, 0.15) is 5.84 Å². The summed E-state index contributed by atoms with van der Waals surface area (Å²) in [5.41, 5.74) is 10.1. The second-order valence-corrected chi connectivity index (χ2v) is 7.81. The first-order chi connectivity index (χ1) is 10.8. The summed E-state index contributed by atoms with van der Waals surface area (Å²) in [6.07, 6.45) is 0.873. The predicted octanol–water partition coefficient (Wildman–Crippen LogP) is 2.89. The molecule has 0 unspecified atom stereocenters. The van der Waals surface area contributed by atoms with E-state index < -0.39 is 5.60 Å². The van der Waals surface area contributed by atoms with Crippen molar-refractivity contribution in [1.82, 2.24) is 4.90 Å². The van der Waals surface area contributed by atoms with Crippen molar-refractivity contribution in [1.29, 1.82) is 0 Å². The summed E-state index contributed by atoms with van der Waals surface area (Å²) in [6, 6.07) is 8.52. The Morgan fingerprint density at radius 3 is 2.83 bits per heavy atom. The second kappa shape index (κ2) is 6.07. The second-order valence-electron chi connectivity index (χ2n) is 6.90. The zero-order valence-corrected chi connectivity index (χ0v) is 14.7. The van der Waals surface area contributed by atoms with E-state index in [9.17, 15) is 5.11 Å². The number of thiophene rings is 1. The van der Waals surface area contributed by atoms with Crippen LogP contribution in [-0.4, -0.2) is 35.0 Å². The number of benzene rings is 1. The van der Waals surface area contributed by atoms with Crippen molar-refractivity contribution in [3.63, 3.8) is 0 Å². The zero-order valence-electron chi connectivity index (χ0n) is 13.8. The summed E-state index contributed by atoms with van der Waals surface area (Å²) in [5.74, 6) is 0.607. The lowest BCUT2D eigenvalue weighted by atomic mass is 10.0. The average molecular weight is 329 g/mol. The van der Waals surface area contributed by atoms with Crippen LogP contribution in [0.5, 0.6) is 0 Å². The Bertz CT molecular complexity index is 743. The van der Waals surface area contributed by atoms with Gasteiger partial charge in [0.15, 0.2) is 0 Å². The number of nitrogens with zero attached hydrogens (tertiary/aromatic N) is 2. The van der Waals surface area contributed by atoms with Gasteiger partial charge in [0.2, 0.25) is 0 Å². The van der Waals surface area contributed by atoms with Crippen LogP contribution in [0.4, 0.5) is 5.69 Å². The van der Waals surface area contributed by atoms with Crippen LogP contribution in [0.15, 0.2) is 34.6 Å². The lowest BCUT2D eigenvalue weighted by Gasteiger charge is -2.25. The summed E-state index contributed by atoms with van der Waals surface area (Å²) in [7, 11) is 2.01. The fraction of sp³-hybridized carbons (Fsp3) is 0.389. The van der Waals surface area contributed by atoms with E-state index in [1.165, 1.54) is 16.7 Å². The van der Waals surface area contributed by atoms with Gasteiger partial charge in [-0.05, 0) is 55.1 Å². The molecule has 0 atom stereocenters. The molecule has 3 N–H and O–H groups in total. The van der Waals surface area contributed by atoms with Gasteiger partial charge in [0.05, 0.1) is 16.2 Å². The topological polar surface area (TPSA) is 61.8 Å². The molecule has 2 aromatic rings. The number of likely N-dealkylation sites (N-methyl/N-ethyl adjacent to an activating group) is 1. The van der Waals surface area contributed by atoms with Crippen molar-refractivity contribution in [2.45, 2.75) is 32.4 Å². The van der Waals surface area contributed by atoms with Gasteiger partial charge in [-0.15, -0.1) is 11.3 Å². The SMILES string of the molecule is CN(Cc1ccc2c(c1)N=C(N)c1sccc1C2)CC(C)(C)O. The highest BCUT2D eigenvalue weighted by molar-refractivity contribution is 7.12. The van der Waals surface area contributed by atoms with Crippen LogP contribution >= 0.6 is 11.3 Å². The maximum absolute atomic E-state index is 9.93. The number of hydrogen-bond donors (Lipinski definition) is 2. The van der Waals surface area contributed by atoms with Crippen molar-refractivity contribution >= 4 is 22.9 Å². The highest BCUT2D eigenvalue weighted by Crippen LogP contribution is 2.31. The molecule has 3 rings (SSSR count). The van der Waals surface area contributed by atoms with Gasteiger partial charge in [-0.25, -0.2) is 4.99 Å². The van der Waals surface area contributed by atoms with Gasteiger partial charge in [0, 0.05) is 19.5 Å². The molecule has 0 aliphatic carbocycles. The van der Waals surface area contributed by atoms with Gasteiger partial charge >= 0.3 is 0 Å². The van der Waals surface area contributed by atoms with Gasteiger partial charge in [0.25, 0.3) is 0 Å². The molecule has 0 amide bonds. The minimum atomic E-state index is -0.697. The van der Waals surface area contributed by atoms with Crippen molar-refractivity contribution in [3.8, 4) is 0 Å². The van der Waals surface area contributed by atoms with Crippen molar-refractivity contribution in [2.75, 3.05) is 13.6 Å². The van der Waals surface area contributed by atoms with Crippen LogP contribution in [0.3, 0.4) is 0 Å². The molecule has 0 saturated carbocycles. The van der Waals surface area contributed by atoms with Crippen LogP contribution in [0.2, 0.25) is 0 Å². The largest absolute Gasteiger partial charge is 0.389 e. The Morgan fingerprint density at radius 1 is 1.30 bits per heavy atom. The van der Waals surface area contributed by atoms with Crippen LogP contribution in [0, 0.1) is 0 Å². The molecular formula is C18H23N3OS. The third-order valence-electron chi connectivity index (χ3n) is 3.86. The molecule has 5 heteroatoms. The standard InChI is InChI=1S/C18H23N3OS/c1-18(2,22)11-21(3)10-12-4-5-13-9-14-6-7-23-16(14)17(19)20-15(13)8-12/h4-8,22H,9-11H2,1-3H3,(H2,19,20). The highest BCUT2D eigenvalue weighted by Gasteiger charge is 2.18. The number of aliphatic imine (C=N–C) groups is 1. The number of nitrogens with two attached hydrogens (primary N) is 1. The normalized spacial score (nSPS) is 14.2. The third kappa shape index (κ3) is 3.80. The van der Waals surface area contributed by atoms with E-state index >= 15 is 0 Å². The van der Waals surface area contributed by atoms with Crippen LogP contribution in [-0.2, 0) is 13.0 Å². The molecule has 0 saturated heterocycles. The molecule has 1 aliphatic rings. The van der Waals surface area contributed by atoms with E-state index in [1.54, 1.807) is 11.3 Å². The van der Waals surface area contributed by atoms with E-state index in [0.29, 0.717) is 12.4 Å². The van der Waals surface area contributed by atoms with E-state index in [4.69, 9.17) is 5.73 Å². The summed E-state index contributed by atoms with van der Waals surface area (Å²) < 4.78 is 0. The van der Waals surface area contributed by atoms with E-state index in [2.05, 4.69) is 39.5 Å². The fourth-order valence-corrected chi connectivity index (χ4v) is 3.90. The predicted molar refractivity (Wildman–Crippen MR) is 96.6 cm³/mol. The molecule has 4 nitrogen and oxygen atoms in total. The van der Waals surface area contributed by atoms with Crippen molar-refractivity contribution in [2.24, 2.45) is 10.7 Å². The molecule has 0 fully saturated rings. The molecule has 122 valence electrons. The number of fused-ring (bicyclic) bond motifs is 2. The molecule has 23 heavy (non-hydrogen) atoms. The molecule has 0 bridgehead atoms. The van der Waals surface area contributed by atoms with Gasteiger partial charge < -0.3 is 10.8 Å². The van der Waals surface area contributed by atoms with Crippen molar-refractivity contribution in [3.05, 3.63) is 51.2 Å². The zero-order chi connectivity index (χ0) is 16.6. The molecule has 1 aliphatic heterocycles. The Balaban J connectivity index is 1.84. The first-order valence-electron chi connectivity index (χ1n) is 7.75. The average Bonchev–Trinajstić information content (AvgIpc) is 2.83. The maximum Gasteiger partial charge on any atom is 0.141 e. The molecule has 2 heterocycles. The minimum absolute atomic E-state index is 0.607. The summed E-state index contributed by atoms with van der Waals surface area (Å²) in [5, 5.41) is 12.0. The Kier molecular flexibility index (Phi) is 4.27. The lowest BCUT2D eigenvalue weighted by molar-refractivity contribution is 0.0425. The van der Waals surface area contributed by atoms with E-state index in [1.807, 2.05) is 20.9 Å². The van der Waals surface area contributed by atoms with E-state index in [0.717, 1.165) is 23.5 Å². The Hall–Kier alpha value is -1.69. The molecule has 0 radical (unpaired) electrons. The van der Waals surface area contributed by atoms with Crippen LogP contribution in [0.1, 0.15) is 35.4 Å². The maximum atomic E-state index is 9.93. The van der Waals surface area contributed by atoms with E-state index in [-0.39, 0.29) is 0 Å². The molecule has 0 spiro atoms. The molecule has 1 aromatic heterocycles. The number of aliphatic hydroxyl groups is 1. The highest BCUT2D eigenvalue weighted by atomic mass is 32.1. The molecule has 1 aromatic carbocycles. The van der Waals surface area contributed by atoms with Gasteiger partial charge in [-0.1, -0.05) is 12.1 Å². The van der Waals surface area contributed by atoms with Gasteiger partial charge in [-0.2, -0.15) is 0 Å². The fourth-order valence-electron chi connectivity index (χ4n) is 3.07. The van der Waals surface area contributed by atoms with Crippen LogP contribution < -0.4 is 5.73 Å². The van der Waals surface area contributed by atoms with Crippen molar-refractivity contribution < 1.29 is 5.11 Å². The third-order valence-corrected chi connectivity index (χ3v) is 4.84.